The molecule has 3 rings (SSSR count). The molecule has 0 unspecified atom stereocenters. The first-order valence-corrected chi connectivity index (χ1v) is 9.61. The first-order valence-electron chi connectivity index (χ1n) is 9.24. The minimum atomic E-state index is -0.223. The second kappa shape index (κ2) is 9.33. The van der Waals surface area contributed by atoms with Crippen molar-refractivity contribution in [2.24, 2.45) is 0 Å². The maximum Gasteiger partial charge on any atom is 0.266 e. The minimum Gasteiger partial charge on any atom is -0.352 e. The molecule has 0 fully saturated rings. The highest BCUT2D eigenvalue weighted by Gasteiger charge is 2.07. The van der Waals surface area contributed by atoms with Gasteiger partial charge in [-0.25, -0.2) is 4.68 Å². The maximum atomic E-state index is 12.1. The number of hydrogen-bond acceptors (Lipinski definition) is 3. The normalized spacial score (nSPS) is 10.6. The Morgan fingerprint density at radius 3 is 2.36 bits per heavy atom. The number of amides is 1. The molecule has 1 N–H and O–H groups in total. The lowest BCUT2D eigenvalue weighted by Gasteiger charge is -2.09. The zero-order valence-corrected chi connectivity index (χ0v) is 16.4. The van der Waals surface area contributed by atoms with Gasteiger partial charge in [0.25, 0.3) is 5.56 Å². The highest BCUT2D eigenvalue weighted by molar-refractivity contribution is 6.30. The molecule has 0 spiro atoms. The first-order chi connectivity index (χ1) is 13.5. The van der Waals surface area contributed by atoms with Gasteiger partial charge in [0.1, 0.15) is 0 Å². The molecule has 0 saturated carbocycles. The molecule has 1 heterocycles. The Morgan fingerprint density at radius 2 is 1.68 bits per heavy atom. The standard InChI is InChI=1S/C22H22ClN3O2/c1-2-16-3-7-18(8-4-16)20-11-12-22(28)26(25-20)14-13-21(27)24-15-17-5-9-19(23)10-6-17/h3-12H,2,13-15H2,1H3,(H,24,27). The predicted octanol–water partition coefficient (Wildman–Crippen LogP) is 3.83. The number of carbonyl (C=O) groups excluding carboxylic acids is 1. The van der Waals surface area contributed by atoms with Gasteiger partial charge in [-0.2, -0.15) is 5.10 Å². The molecule has 0 aliphatic heterocycles. The van der Waals surface area contributed by atoms with E-state index in [0.29, 0.717) is 17.3 Å². The van der Waals surface area contributed by atoms with Crippen LogP contribution >= 0.6 is 11.6 Å². The van der Waals surface area contributed by atoms with Crippen LogP contribution in [0.1, 0.15) is 24.5 Å². The fourth-order valence-electron chi connectivity index (χ4n) is 2.77. The summed E-state index contributed by atoms with van der Waals surface area (Å²) >= 11 is 5.85. The topological polar surface area (TPSA) is 64.0 Å². The number of nitrogens with one attached hydrogen (secondary N) is 1. The molecule has 28 heavy (non-hydrogen) atoms. The third-order valence-electron chi connectivity index (χ3n) is 4.48. The molecule has 0 atom stereocenters. The third-order valence-corrected chi connectivity index (χ3v) is 4.73. The average molecular weight is 396 g/mol. The quantitative estimate of drug-likeness (QED) is 0.661. The van der Waals surface area contributed by atoms with Crippen molar-refractivity contribution in [3.05, 3.63) is 87.2 Å². The summed E-state index contributed by atoms with van der Waals surface area (Å²) in [5.41, 5.74) is 3.64. The Balaban J connectivity index is 1.60. The van der Waals surface area contributed by atoms with Crippen molar-refractivity contribution in [2.45, 2.75) is 32.9 Å². The van der Waals surface area contributed by atoms with E-state index in [4.69, 9.17) is 11.6 Å². The van der Waals surface area contributed by atoms with E-state index in [1.165, 1.54) is 16.3 Å². The molecule has 0 radical (unpaired) electrons. The number of carbonyl (C=O) groups is 1. The number of aryl methyl sites for hydroxylation is 2. The second-order valence-corrected chi connectivity index (χ2v) is 6.92. The van der Waals surface area contributed by atoms with Gasteiger partial charge in [-0.05, 0) is 35.7 Å². The summed E-state index contributed by atoms with van der Waals surface area (Å²) in [4.78, 5) is 24.2. The lowest BCUT2D eigenvalue weighted by atomic mass is 10.1. The van der Waals surface area contributed by atoms with Crippen molar-refractivity contribution in [2.75, 3.05) is 0 Å². The Bertz CT molecular complexity index is 996. The minimum absolute atomic E-state index is 0.138. The van der Waals surface area contributed by atoms with Crippen LogP contribution in [-0.4, -0.2) is 15.7 Å². The highest BCUT2D eigenvalue weighted by Crippen LogP contribution is 2.16. The van der Waals surface area contributed by atoms with E-state index in [2.05, 4.69) is 29.5 Å². The average Bonchev–Trinajstić information content (AvgIpc) is 2.73. The van der Waals surface area contributed by atoms with E-state index >= 15 is 0 Å². The van der Waals surface area contributed by atoms with Gasteiger partial charge >= 0.3 is 0 Å². The van der Waals surface area contributed by atoms with Crippen LogP contribution in [0.5, 0.6) is 0 Å². The van der Waals surface area contributed by atoms with Gasteiger partial charge < -0.3 is 5.32 Å². The van der Waals surface area contributed by atoms with Gasteiger partial charge in [0.05, 0.1) is 12.2 Å². The van der Waals surface area contributed by atoms with Gasteiger partial charge in [-0.3, -0.25) is 9.59 Å². The van der Waals surface area contributed by atoms with E-state index in [0.717, 1.165) is 17.5 Å². The van der Waals surface area contributed by atoms with Gasteiger partial charge in [-0.15, -0.1) is 0 Å². The highest BCUT2D eigenvalue weighted by atomic mass is 35.5. The van der Waals surface area contributed by atoms with Gasteiger partial charge in [0, 0.05) is 29.6 Å². The molecule has 2 aromatic carbocycles. The summed E-state index contributed by atoms with van der Waals surface area (Å²) in [7, 11) is 0. The van der Waals surface area contributed by atoms with E-state index < -0.39 is 0 Å². The molecule has 1 aromatic heterocycles. The van der Waals surface area contributed by atoms with Crippen molar-refractivity contribution >= 4 is 17.5 Å². The number of nitrogens with zero attached hydrogens (tertiary/aromatic N) is 2. The number of aromatic nitrogens is 2. The molecule has 1 amide bonds. The van der Waals surface area contributed by atoms with Crippen molar-refractivity contribution in [1.29, 1.82) is 0 Å². The SMILES string of the molecule is CCc1ccc(-c2ccc(=O)n(CCC(=O)NCc3ccc(Cl)cc3)n2)cc1. The summed E-state index contributed by atoms with van der Waals surface area (Å²) in [6, 6.07) is 18.6. The zero-order chi connectivity index (χ0) is 19.9. The summed E-state index contributed by atoms with van der Waals surface area (Å²) in [5.74, 6) is -0.138. The molecule has 6 heteroatoms. The largest absolute Gasteiger partial charge is 0.352 e. The van der Waals surface area contributed by atoms with Crippen molar-refractivity contribution < 1.29 is 4.79 Å². The molecule has 144 valence electrons. The Labute approximate surface area is 169 Å². The van der Waals surface area contributed by atoms with Crippen LogP contribution in [0, 0.1) is 0 Å². The third kappa shape index (κ3) is 5.30. The fraction of sp³-hybridized carbons (Fsp3) is 0.227. The monoisotopic (exact) mass is 395 g/mol. The fourth-order valence-corrected chi connectivity index (χ4v) is 2.90. The Morgan fingerprint density at radius 1 is 1.00 bits per heavy atom. The molecule has 5 nitrogen and oxygen atoms in total. The van der Waals surface area contributed by atoms with Crippen molar-refractivity contribution in [1.82, 2.24) is 15.1 Å². The number of halogens is 1. The summed E-state index contributed by atoms with van der Waals surface area (Å²) in [6.45, 7) is 2.75. The van der Waals surface area contributed by atoms with Crippen LogP contribution in [0.25, 0.3) is 11.3 Å². The second-order valence-electron chi connectivity index (χ2n) is 6.48. The van der Waals surface area contributed by atoms with Crippen LogP contribution in [0.3, 0.4) is 0 Å². The first kappa shape index (κ1) is 19.8. The van der Waals surface area contributed by atoms with Gasteiger partial charge in [0.2, 0.25) is 5.91 Å². The lowest BCUT2D eigenvalue weighted by Crippen LogP contribution is -2.28. The molecule has 3 aromatic rings. The van der Waals surface area contributed by atoms with Crippen LogP contribution in [0.2, 0.25) is 5.02 Å². The number of hydrogen-bond donors (Lipinski definition) is 1. The van der Waals surface area contributed by atoms with Crippen molar-refractivity contribution in [3.63, 3.8) is 0 Å². The molecule has 0 saturated heterocycles. The van der Waals surface area contributed by atoms with E-state index in [9.17, 15) is 9.59 Å². The molecule has 0 aliphatic carbocycles. The lowest BCUT2D eigenvalue weighted by molar-refractivity contribution is -0.121. The van der Waals surface area contributed by atoms with E-state index in [1.54, 1.807) is 18.2 Å². The van der Waals surface area contributed by atoms with Crippen LogP contribution in [0.15, 0.2) is 65.5 Å². The van der Waals surface area contributed by atoms with Crippen LogP contribution in [-0.2, 0) is 24.3 Å². The Hall–Kier alpha value is -2.92. The van der Waals surface area contributed by atoms with Crippen molar-refractivity contribution in [3.8, 4) is 11.3 Å². The number of benzene rings is 2. The Kier molecular flexibility index (Phi) is 6.61. The summed E-state index contributed by atoms with van der Waals surface area (Å²) in [5, 5.41) is 7.91. The number of rotatable bonds is 7. The van der Waals surface area contributed by atoms with Gasteiger partial charge in [0.15, 0.2) is 0 Å². The van der Waals surface area contributed by atoms with Crippen LogP contribution < -0.4 is 10.9 Å². The molecular weight excluding hydrogens is 374 g/mol. The van der Waals surface area contributed by atoms with E-state index in [-0.39, 0.29) is 24.4 Å². The van der Waals surface area contributed by atoms with E-state index in [1.807, 2.05) is 24.3 Å². The van der Waals surface area contributed by atoms with Gasteiger partial charge in [-0.1, -0.05) is 54.9 Å². The molecular formula is C22H22ClN3O2. The van der Waals surface area contributed by atoms with Crippen LogP contribution in [0.4, 0.5) is 0 Å². The maximum absolute atomic E-state index is 12.1. The summed E-state index contributed by atoms with van der Waals surface area (Å²) in [6.07, 6.45) is 1.15. The molecule has 0 aliphatic rings. The predicted molar refractivity (Wildman–Crippen MR) is 111 cm³/mol. The summed E-state index contributed by atoms with van der Waals surface area (Å²) < 4.78 is 1.34. The zero-order valence-electron chi connectivity index (χ0n) is 15.7. The molecule has 0 bridgehead atoms. The smallest absolute Gasteiger partial charge is 0.266 e.